The van der Waals surface area contributed by atoms with Gasteiger partial charge in [-0.05, 0) is 38.0 Å². The number of fused-ring (bicyclic) bond motifs is 1. The van der Waals surface area contributed by atoms with Crippen LogP contribution in [0.3, 0.4) is 0 Å². The van der Waals surface area contributed by atoms with Gasteiger partial charge in [0.1, 0.15) is 0 Å². The molecule has 1 heterocycles. The van der Waals surface area contributed by atoms with E-state index in [1.807, 2.05) is 0 Å². The fourth-order valence-electron chi connectivity index (χ4n) is 4.95. The summed E-state index contributed by atoms with van der Waals surface area (Å²) >= 11 is 0. The van der Waals surface area contributed by atoms with Crippen molar-refractivity contribution in [2.75, 3.05) is 14.2 Å². The molecule has 2 aliphatic carbocycles. The Bertz CT molecular complexity index is 529. The van der Waals surface area contributed by atoms with Crippen LogP contribution >= 0.6 is 0 Å². The van der Waals surface area contributed by atoms with Gasteiger partial charge in [0, 0.05) is 32.7 Å². The van der Waals surface area contributed by atoms with Crippen LogP contribution in [-0.4, -0.2) is 56.5 Å². The molecule has 0 radical (unpaired) electrons. The second kappa shape index (κ2) is 9.34. The first-order valence-corrected chi connectivity index (χ1v) is 10.4. The summed E-state index contributed by atoms with van der Waals surface area (Å²) in [6, 6.07) is 0.373. The zero-order valence-electron chi connectivity index (χ0n) is 16.8. The topological polar surface area (TPSA) is 88.7 Å². The Labute approximate surface area is 162 Å². The van der Waals surface area contributed by atoms with E-state index in [0.29, 0.717) is 18.8 Å². The molecule has 1 aliphatic heterocycles. The molecular weight excluding hydrogens is 346 g/mol. The molecule has 2 amide bonds. The molecule has 0 bridgehead atoms. The standard InChI is InChI=1S/C20H35N3O4/c1-12-10-16(26-2)17(27-3)11-15(12)22-19(24)9-8-18-21-14-7-5-4-6-13(14)20(25)23-18/h12-18,21H,4-11H2,1-3H3,(H,22,24)(H,23,25). The van der Waals surface area contributed by atoms with Crippen molar-refractivity contribution in [1.82, 2.24) is 16.0 Å². The van der Waals surface area contributed by atoms with Crippen LogP contribution in [0.5, 0.6) is 0 Å². The van der Waals surface area contributed by atoms with Crippen LogP contribution in [0.1, 0.15) is 58.3 Å². The first-order chi connectivity index (χ1) is 13.0. The van der Waals surface area contributed by atoms with Crippen molar-refractivity contribution >= 4 is 11.8 Å². The van der Waals surface area contributed by atoms with E-state index in [1.165, 1.54) is 6.42 Å². The monoisotopic (exact) mass is 381 g/mol. The Balaban J connectivity index is 1.45. The van der Waals surface area contributed by atoms with Crippen LogP contribution in [0.2, 0.25) is 0 Å². The lowest BCUT2D eigenvalue weighted by Crippen LogP contribution is -2.62. The summed E-state index contributed by atoms with van der Waals surface area (Å²) in [5.74, 6) is 0.644. The highest BCUT2D eigenvalue weighted by Crippen LogP contribution is 2.29. The predicted octanol–water partition coefficient (Wildman–Crippen LogP) is 1.32. The van der Waals surface area contributed by atoms with Gasteiger partial charge in [0.25, 0.3) is 0 Å². The first kappa shape index (κ1) is 20.6. The van der Waals surface area contributed by atoms with Gasteiger partial charge in [0.15, 0.2) is 0 Å². The van der Waals surface area contributed by atoms with Crippen molar-refractivity contribution in [3.05, 3.63) is 0 Å². The normalized spacial score (nSPS) is 39.4. The molecule has 0 aromatic heterocycles. The Morgan fingerprint density at radius 3 is 2.59 bits per heavy atom. The third-order valence-electron chi connectivity index (χ3n) is 6.64. The molecule has 27 heavy (non-hydrogen) atoms. The van der Waals surface area contributed by atoms with Gasteiger partial charge in [-0.1, -0.05) is 19.8 Å². The summed E-state index contributed by atoms with van der Waals surface area (Å²) in [5, 5.41) is 9.75. The molecule has 1 saturated heterocycles. The summed E-state index contributed by atoms with van der Waals surface area (Å²) < 4.78 is 11.1. The average Bonchev–Trinajstić information content (AvgIpc) is 2.67. The average molecular weight is 382 g/mol. The molecular formula is C20H35N3O4. The van der Waals surface area contributed by atoms with Gasteiger partial charge in [-0.25, -0.2) is 0 Å². The van der Waals surface area contributed by atoms with Crippen molar-refractivity contribution in [3.8, 4) is 0 Å². The second-order valence-electron chi connectivity index (χ2n) is 8.43. The van der Waals surface area contributed by atoms with Gasteiger partial charge in [0.2, 0.25) is 11.8 Å². The second-order valence-corrected chi connectivity index (χ2v) is 8.43. The zero-order chi connectivity index (χ0) is 19.4. The van der Waals surface area contributed by atoms with E-state index in [2.05, 4.69) is 22.9 Å². The third kappa shape index (κ3) is 5.00. The van der Waals surface area contributed by atoms with Crippen molar-refractivity contribution in [3.63, 3.8) is 0 Å². The van der Waals surface area contributed by atoms with Gasteiger partial charge in [-0.15, -0.1) is 0 Å². The lowest BCUT2D eigenvalue weighted by atomic mass is 9.81. The molecule has 3 rings (SSSR count). The van der Waals surface area contributed by atoms with Crippen molar-refractivity contribution in [1.29, 1.82) is 0 Å². The summed E-state index contributed by atoms with van der Waals surface area (Å²) in [6.07, 6.45) is 7.01. The molecule has 7 heteroatoms. The minimum absolute atomic E-state index is 0.0130. The largest absolute Gasteiger partial charge is 0.379 e. The van der Waals surface area contributed by atoms with Gasteiger partial charge >= 0.3 is 0 Å². The van der Waals surface area contributed by atoms with Crippen molar-refractivity contribution < 1.29 is 19.1 Å². The SMILES string of the molecule is COC1CC(C)C(NC(=O)CCC2NC(=O)C3CCCCC3N2)CC1OC. The summed E-state index contributed by atoms with van der Waals surface area (Å²) in [6.45, 7) is 2.15. The Kier molecular flexibility index (Phi) is 7.11. The molecule has 3 N–H and O–H groups in total. The number of methoxy groups -OCH3 is 2. The Morgan fingerprint density at radius 1 is 1.15 bits per heavy atom. The maximum absolute atomic E-state index is 12.5. The van der Waals surface area contributed by atoms with Crippen LogP contribution in [0.4, 0.5) is 0 Å². The minimum Gasteiger partial charge on any atom is -0.379 e. The van der Waals surface area contributed by atoms with Crippen molar-refractivity contribution in [2.45, 2.75) is 88.7 Å². The highest BCUT2D eigenvalue weighted by Gasteiger charge is 2.38. The lowest BCUT2D eigenvalue weighted by Gasteiger charge is -2.40. The molecule has 3 fully saturated rings. The number of carbonyl (C=O) groups excluding carboxylic acids is 2. The molecule has 3 aliphatic rings. The number of hydrogen-bond donors (Lipinski definition) is 3. The Hall–Kier alpha value is -1.18. The quantitative estimate of drug-likeness (QED) is 0.646. The van der Waals surface area contributed by atoms with Gasteiger partial charge in [0.05, 0.1) is 24.3 Å². The maximum Gasteiger partial charge on any atom is 0.225 e. The molecule has 0 aromatic rings. The van der Waals surface area contributed by atoms with E-state index in [9.17, 15) is 9.59 Å². The first-order valence-electron chi connectivity index (χ1n) is 10.4. The van der Waals surface area contributed by atoms with Gasteiger partial charge in [-0.3, -0.25) is 14.9 Å². The van der Waals surface area contributed by atoms with E-state index in [4.69, 9.17) is 9.47 Å². The summed E-state index contributed by atoms with van der Waals surface area (Å²) in [5.41, 5.74) is 0. The van der Waals surface area contributed by atoms with Crippen molar-refractivity contribution in [2.24, 2.45) is 11.8 Å². The lowest BCUT2D eigenvalue weighted by molar-refractivity contribution is -0.132. The molecule has 154 valence electrons. The summed E-state index contributed by atoms with van der Waals surface area (Å²) in [7, 11) is 3.41. The fourth-order valence-corrected chi connectivity index (χ4v) is 4.95. The van der Waals surface area contributed by atoms with Gasteiger partial charge < -0.3 is 20.1 Å². The molecule has 2 saturated carbocycles. The zero-order valence-corrected chi connectivity index (χ0v) is 16.8. The molecule has 7 unspecified atom stereocenters. The number of hydrogen-bond acceptors (Lipinski definition) is 5. The smallest absolute Gasteiger partial charge is 0.225 e. The number of amides is 2. The van der Waals surface area contributed by atoms with E-state index < -0.39 is 0 Å². The molecule has 0 aromatic carbocycles. The maximum atomic E-state index is 12.5. The number of ether oxygens (including phenoxy) is 2. The van der Waals surface area contributed by atoms with Crippen LogP contribution < -0.4 is 16.0 Å². The third-order valence-corrected chi connectivity index (χ3v) is 6.64. The number of rotatable bonds is 6. The van der Waals surface area contributed by atoms with E-state index in [0.717, 1.165) is 32.1 Å². The minimum atomic E-state index is -0.101. The van der Waals surface area contributed by atoms with Crippen LogP contribution in [0.15, 0.2) is 0 Å². The number of carbonyl (C=O) groups is 2. The van der Waals surface area contributed by atoms with E-state index in [-0.39, 0.29) is 48.2 Å². The predicted molar refractivity (Wildman–Crippen MR) is 102 cm³/mol. The molecule has 7 nitrogen and oxygen atoms in total. The van der Waals surface area contributed by atoms with Gasteiger partial charge in [-0.2, -0.15) is 0 Å². The Morgan fingerprint density at radius 2 is 1.85 bits per heavy atom. The molecule has 7 atom stereocenters. The highest BCUT2D eigenvalue weighted by atomic mass is 16.5. The number of nitrogens with one attached hydrogen (secondary N) is 3. The highest BCUT2D eigenvalue weighted by molar-refractivity contribution is 5.81. The summed E-state index contributed by atoms with van der Waals surface area (Å²) in [4.78, 5) is 24.8. The van der Waals surface area contributed by atoms with E-state index >= 15 is 0 Å². The van der Waals surface area contributed by atoms with E-state index in [1.54, 1.807) is 14.2 Å². The van der Waals surface area contributed by atoms with Crippen LogP contribution in [0.25, 0.3) is 0 Å². The molecule has 0 spiro atoms. The fraction of sp³-hybridized carbons (Fsp3) is 0.900. The van der Waals surface area contributed by atoms with Crippen LogP contribution in [-0.2, 0) is 19.1 Å². The van der Waals surface area contributed by atoms with Crippen LogP contribution in [0, 0.1) is 11.8 Å².